The van der Waals surface area contributed by atoms with Crippen LogP contribution in [0.5, 0.6) is 0 Å². The lowest BCUT2D eigenvalue weighted by atomic mass is 9.88. The standard InChI is InChI=1S/C48H59FN10O3/c1-31(43-28-39-38(13-18-51-46(39)55(43)2)36-7-11-44(50)52-29-36)57-21-16-34(17-22-57)33-3-5-35(6-4-33)48(62)59-25-23-56(24-26-59)30-32-14-19-58(20-15-32)42-10-8-37(27-40(42)49)53-41-9-12-45(60)54-47(41)61/h3-8,10-11,13,18,27-29,31-32,34,41,48,53,62H,9,12,14-17,19-26,30H2,1-2H3,(H2,50,52)(H,54,60,61)/t31-,41?,48?/m0/s1. The Morgan fingerprint density at radius 1 is 0.871 bits per heavy atom. The molecular weight excluding hydrogens is 784 g/mol. The summed E-state index contributed by atoms with van der Waals surface area (Å²) in [6.07, 6.45) is 7.92. The Hall–Kier alpha value is -5.41. The Bertz CT molecular complexity index is 2370. The van der Waals surface area contributed by atoms with Crippen LogP contribution in [0.2, 0.25) is 0 Å². The number of amides is 2. The van der Waals surface area contributed by atoms with Gasteiger partial charge in [0.2, 0.25) is 11.8 Å². The van der Waals surface area contributed by atoms with Gasteiger partial charge in [0.25, 0.3) is 0 Å². The summed E-state index contributed by atoms with van der Waals surface area (Å²) in [5.74, 6) is 0.601. The molecule has 3 aromatic heterocycles. The van der Waals surface area contributed by atoms with Crippen LogP contribution < -0.4 is 21.3 Å². The molecule has 4 aliphatic heterocycles. The van der Waals surface area contributed by atoms with Crippen molar-refractivity contribution in [3.8, 4) is 11.1 Å². The first-order chi connectivity index (χ1) is 30.1. The van der Waals surface area contributed by atoms with Gasteiger partial charge in [-0.3, -0.25) is 24.7 Å². The molecule has 14 heteroatoms. The smallest absolute Gasteiger partial charge is 0.249 e. The average Bonchev–Trinajstić information content (AvgIpc) is 3.64. The second kappa shape index (κ2) is 18.1. The Morgan fingerprint density at radius 3 is 2.32 bits per heavy atom. The number of rotatable bonds is 11. The second-order valence-electron chi connectivity index (χ2n) is 17.8. The van der Waals surface area contributed by atoms with Crippen LogP contribution in [0.15, 0.2) is 79.1 Å². The summed E-state index contributed by atoms with van der Waals surface area (Å²) in [6.45, 7) is 10.4. The number of nitrogens with two attached hydrogens (primary N) is 1. The summed E-state index contributed by atoms with van der Waals surface area (Å²) in [6, 6.07) is 21.7. The van der Waals surface area contributed by atoms with Crippen LogP contribution >= 0.6 is 0 Å². The monoisotopic (exact) mass is 842 g/mol. The molecule has 4 fully saturated rings. The summed E-state index contributed by atoms with van der Waals surface area (Å²) < 4.78 is 17.5. The van der Waals surface area contributed by atoms with E-state index in [2.05, 4.69) is 90.2 Å². The van der Waals surface area contributed by atoms with Gasteiger partial charge in [-0.05, 0) is 123 Å². The number of nitrogens with one attached hydrogen (secondary N) is 2. The third-order valence-corrected chi connectivity index (χ3v) is 14.0. The fourth-order valence-corrected chi connectivity index (χ4v) is 10.2. The molecule has 326 valence electrons. The number of anilines is 3. The van der Waals surface area contributed by atoms with E-state index in [9.17, 15) is 14.7 Å². The van der Waals surface area contributed by atoms with Crippen LogP contribution in [0.25, 0.3) is 22.2 Å². The second-order valence-corrected chi connectivity index (χ2v) is 17.8. The van der Waals surface area contributed by atoms with E-state index in [1.807, 2.05) is 30.6 Å². The van der Waals surface area contributed by atoms with Gasteiger partial charge in [-0.15, -0.1) is 0 Å². The lowest BCUT2D eigenvalue weighted by Crippen LogP contribution is -2.49. The number of piperazine rings is 1. The lowest BCUT2D eigenvalue weighted by Gasteiger charge is -2.40. The van der Waals surface area contributed by atoms with Crippen LogP contribution in [-0.2, 0) is 16.6 Å². The molecule has 0 radical (unpaired) electrons. The molecule has 3 atom stereocenters. The molecule has 4 saturated heterocycles. The molecule has 62 heavy (non-hydrogen) atoms. The topological polar surface area (TPSA) is 148 Å². The predicted molar refractivity (Wildman–Crippen MR) is 241 cm³/mol. The summed E-state index contributed by atoms with van der Waals surface area (Å²) in [5, 5.41) is 18.0. The van der Waals surface area contributed by atoms with Gasteiger partial charge in [-0.2, -0.15) is 0 Å². The van der Waals surface area contributed by atoms with Crippen LogP contribution in [-0.4, -0.2) is 111 Å². The van der Waals surface area contributed by atoms with Gasteiger partial charge in [0.15, 0.2) is 0 Å². The van der Waals surface area contributed by atoms with Crippen LogP contribution in [0, 0.1) is 11.7 Å². The zero-order chi connectivity index (χ0) is 42.9. The Morgan fingerprint density at radius 2 is 1.63 bits per heavy atom. The van der Waals surface area contributed by atoms with Gasteiger partial charge in [-0.1, -0.05) is 24.3 Å². The molecule has 5 N–H and O–H groups in total. The summed E-state index contributed by atoms with van der Waals surface area (Å²) in [5.41, 5.74) is 13.6. The molecule has 9 rings (SSSR count). The number of fused-ring (bicyclic) bond motifs is 1. The first-order valence-electron chi connectivity index (χ1n) is 22.4. The number of benzene rings is 2. The van der Waals surface area contributed by atoms with Gasteiger partial charge in [0, 0.05) is 100 Å². The van der Waals surface area contributed by atoms with E-state index in [0.717, 1.165) is 112 Å². The number of imide groups is 1. The number of piperidine rings is 3. The SMILES string of the molecule is C[C@@H](c1cc2c(-c3ccc(N)nc3)ccnc2n1C)N1CCC(c2ccc(C(O)N3CCN(CC4CCN(c5ccc(NC6CCC(=O)NC6=O)cc5F)CC4)CC3)cc2)CC1. The third-order valence-electron chi connectivity index (χ3n) is 14.0. The van der Waals surface area contributed by atoms with Crippen molar-refractivity contribution in [3.05, 3.63) is 102 Å². The van der Waals surface area contributed by atoms with E-state index in [-0.39, 0.29) is 30.1 Å². The number of aliphatic hydroxyl groups is 1. The number of hydrogen-bond donors (Lipinski definition) is 4. The minimum atomic E-state index is -0.621. The molecule has 0 spiro atoms. The van der Waals surface area contributed by atoms with Gasteiger partial charge >= 0.3 is 0 Å². The number of hydrogen-bond acceptors (Lipinski definition) is 11. The van der Waals surface area contributed by atoms with Crippen molar-refractivity contribution in [1.82, 2.24) is 34.6 Å². The molecule has 0 aliphatic carbocycles. The number of likely N-dealkylation sites (tertiary alicyclic amines) is 1. The van der Waals surface area contributed by atoms with Crippen LogP contribution in [0.4, 0.5) is 21.6 Å². The molecule has 2 unspecified atom stereocenters. The van der Waals surface area contributed by atoms with Crippen molar-refractivity contribution >= 4 is 40.0 Å². The van der Waals surface area contributed by atoms with Crippen LogP contribution in [0.1, 0.15) is 80.5 Å². The maximum atomic E-state index is 15.2. The first-order valence-corrected chi connectivity index (χ1v) is 22.4. The molecule has 7 heterocycles. The Balaban J connectivity index is 0.715. The maximum Gasteiger partial charge on any atom is 0.249 e. The molecule has 0 bridgehead atoms. The molecule has 2 amide bonds. The molecule has 5 aromatic rings. The number of carbonyl (C=O) groups excluding carboxylic acids is 2. The largest absolute Gasteiger partial charge is 0.384 e. The zero-order valence-electron chi connectivity index (χ0n) is 35.8. The van der Waals surface area contributed by atoms with E-state index in [4.69, 9.17) is 10.7 Å². The molecule has 13 nitrogen and oxygen atoms in total. The number of pyridine rings is 2. The minimum absolute atomic E-state index is 0.249. The molecule has 0 saturated carbocycles. The van der Waals surface area contributed by atoms with Crippen molar-refractivity contribution < 1.29 is 19.1 Å². The maximum absolute atomic E-state index is 15.2. The molecular formula is C48H59FN10O3. The fourth-order valence-electron chi connectivity index (χ4n) is 10.2. The molecule has 4 aliphatic rings. The number of carbonyl (C=O) groups is 2. The van der Waals surface area contributed by atoms with Crippen molar-refractivity contribution in [2.24, 2.45) is 13.0 Å². The normalized spacial score (nSPS) is 21.3. The van der Waals surface area contributed by atoms with E-state index in [1.165, 1.54) is 17.3 Å². The van der Waals surface area contributed by atoms with Crippen molar-refractivity contribution in [1.29, 1.82) is 0 Å². The highest BCUT2D eigenvalue weighted by molar-refractivity contribution is 6.01. The fraction of sp³-hybridized carbons (Fsp3) is 0.458. The van der Waals surface area contributed by atoms with Gasteiger partial charge < -0.3 is 30.5 Å². The van der Waals surface area contributed by atoms with E-state index in [0.29, 0.717) is 35.4 Å². The number of nitrogen functional groups attached to an aromatic ring is 1. The quantitative estimate of drug-likeness (QED) is 0.116. The van der Waals surface area contributed by atoms with Crippen molar-refractivity contribution in [3.63, 3.8) is 0 Å². The summed E-state index contributed by atoms with van der Waals surface area (Å²) >= 11 is 0. The van der Waals surface area contributed by atoms with Crippen LogP contribution in [0.3, 0.4) is 0 Å². The van der Waals surface area contributed by atoms with Gasteiger partial charge in [0.05, 0.1) is 5.69 Å². The van der Waals surface area contributed by atoms with E-state index in [1.54, 1.807) is 6.07 Å². The highest BCUT2D eigenvalue weighted by Gasteiger charge is 2.31. The molecule has 2 aromatic carbocycles. The highest BCUT2D eigenvalue weighted by Crippen LogP contribution is 2.37. The lowest BCUT2D eigenvalue weighted by molar-refractivity contribution is -0.133. The van der Waals surface area contributed by atoms with Gasteiger partial charge in [0.1, 0.15) is 29.6 Å². The van der Waals surface area contributed by atoms with Crippen molar-refractivity contribution in [2.45, 2.75) is 69.7 Å². The predicted octanol–water partition coefficient (Wildman–Crippen LogP) is 6.04. The summed E-state index contributed by atoms with van der Waals surface area (Å²) in [7, 11) is 2.11. The number of aromatic nitrogens is 3. The number of halogens is 1. The Kier molecular flexibility index (Phi) is 12.3. The number of nitrogens with zero attached hydrogens (tertiary/aromatic N) is 7. The third kappa shape index (κ3) is 8.92. The Labute approximate surface area is 363 Å². The van der Waals surface area contributed by atoms with E-state index < -0.39 is 12.3 Å². The highest BCUT2D eigenvalue weighted by atomic mass is 19.1. The summed E-state index contributed by atoms with van der Waals surface area (Å²) in [4.78, 5) is 42.1. The number of aliphatic hydroxyl groups excluding tert-OH is 1. The number of aryl methyl sites for hydroxylation is 1. The first kappa shape index (κ1) is 41.9. The van der Waals surface area contributed by atoms with Gasteiger partial charge in [-0.25, -0.2) is 14.4 Å². The van der Waals surface area contributed by atoms with Crippen molar-refractivity contribution in [2.75, 3.05) is 74.9 Å². The minimum Gasteiger partial charge on any atom is -0.384 e. The zero-order valence-corrected chi connectivity index (χ0v) is 35.8. The van der Waals surface area contributed by atoms with E-state index >= 15 is 4.39 Å². The average molecular weight is 843 g/mol.